The van der Waals surface area contributed by atoms with Gasteiger partial charge in [0.15, 0.2) is 0 Å². The average Bonchev–Trinajstić information content (AvgIpc) is 2.24. The third-order valence-electron chi connectivity index (χ3n) is 2.35. The van der Waals surface area contributed by atoms with Crippen molar-refractivity contribution >= 4 is 0 Å². The highest BCUT2D eigenvalue weighted by atomic mass is 19.4. The molecule has 1 atom stereocenters. The van der Waals surface area contributed by atoms with Crippen molar-refractivity contribution in [1.29, 1.82) is 0 Å². The van der Waals surface area contributed by atoms with Crippen LogP contribution in [0.2, 0.25) is 0 Å². The molecule has 0 aliphatic heterocycles. The summed E-state index contributed by atoms with van der Waals surface area (Å²) >= 11 is 0. The van der Waals surface area contributed by atoms with Crippen molar-refractivity contribution in [2.24, 2.45) is 5.73 Å². The smallest absolute Gasteiger partial charge is 0.363 e. The minimum Gasteiger partial charge on any atom is -0.363 e. The van der Waals surface area contributed by atoms with Gasteiger partial charge in [0.05, 0.1) is 11.8 Å². The Hall–Kier alpha value is -1.14. The molecule has 1 aromatic rings. The number of aryl methyl sites for hydroxylation is 1. The first kappa shape index (κ1) is 13.9. The van der Waals surface area contributed by atoms with Gasteiger partial charge < -0.3 is 10.5 Å². The summed E-state index contributed by atoms with van der Waals surface area (Å²) in [5, 5.41) is 0. The molecule has 2 N–H and O–H groups in total. The lowest BCUT2D eigenvalue weighted by Crippen LogP contribution is -2.19. The van der Waals surface area contributed by atoms with Crippen LogP contribution in [-0.4, -0.2) is 17.8 Å². The summed E-state index contributed by atoms with van der Waals surface area (Å²) in [6.45, 7) is 2.39. The van der Waals surface area contributed by atoms with Gasteiger partial charge in [-0.05, 0) is 25.5 Å². The van der Waals surface area contributed by atoms with E-state index in [0.29, 0.717) is 17.9 Å². The predicted molar refractivity (Wildman–Crippen MR) is 57.3 cm³/mol. The summed E-state index contributed by atoms with van der Waals surface area (Å²) in [6, 6.07) is 3.39. The van der Waals surface area contributed by atoms with E-state index in [-0.39, 0.29) is 0 Å². The van der Waals surface area contributed by atoms with E-state index in [1.807, 2.05) is 0 Å². The molecule has 0 aliphatic rings. The van der Waals surface area contributed by atoms with Crippen LogP contribution in [0.3, 0.4) is 0 Å². The zero-order valence-corrected chi connectivity index (χ0v) is 9.71. The lowest BCUT2D eigenvalue weighted by molar-refractivity contribution is -0.184. The lowest BCUT2D eigenvalue weighted by atomic mass is 10.1. The maximum absolute atomic E-state index is 12.0. The van der Waals surface area contributed by atoms with Crippen molar-refractivity contribution in [2.75, 3.05) is 6.61 Å². The summed E-state index contributed by atoms with van der Waals surface area (Å²) in [7, 11) is 0. The molecule has 96 valence electrons. The zero-order chi connectivity index (χ0) is 13.1. The SMILES string of the molecule is Cc1nc(C(C)OCC(F)(F)F)ccc1CN. The van der Waals surface area contributed by atoms with Crippen molar-refractivity contribution in [1.82, 2.24) is 4.98 Å². The maximum atomic E-state index is 12.0. The van der Waals surface area contributed by atoms with Gasteiger partial charge in [-0.25, -0.2) is 0 Å². The molecule has 6 heteroatoms. The fraction of sp³-hybridized carbons (Fsp3) is 0.545. The largest absolute Gasteiger partial charge is 0.411 e. The van der Waals surface area contributed by atoms with Gasteiger partial charge in [0.1, 0.15) is 6.61 Å². The molecule has 0 amide bonds. The first-order valence-electron chi connectivity index (χ1n) is 5.18. The minimum atomic E-state index is -4.32. The molecule has 0 spiro atoms. The van der Waals surface area contributed by atoms with Crippen LogP contribution >= 0.6 is 0 Å². The highest BCUT2D eigenvalue weighted by molar-refractivity contribution is 5.22. The van der Waals surface area contributed by atoms with E-state index in [1.54, 1.807) is 19.1 Å². The Balaban J connectivity index is 2.69. The zero-order valence-electron chi connectivity index (χ0n) is 9.71. The molecule has 1 rings (SSSR count). The Morgan fingerprint density at radius 1 is 1.41 bits per heavy atom. The molecule has 0 saturated carbocycles. The van der Waals surface area contributed by atoms with Crippen LogP contribution in [0.4, 0.5) is 13.2 Å². The second-order valence-corrected chi connectivity index (χ2v) is 3.75. The van der Waals surface area contributed by atoms with Crippen LogP contribution in [0.25, 0.3) is 0 Å². The maximum Gasteiger partial charge on any atom is 0.411 e. The van der Waals surface area contributed by atoms with Gasteiger partial charge in [-0.1, -0.05) is 6.07 Å². The number of rotatable bonds is 4. The van der Waals surface area contributed by atoms with Crippen LogP contribution in [0.15, 0.2) is 12.1 Å². The van der Waals surface area contributed by atoms with Crippen LogP contribution in [0.5, 0.6) is 0 Å². The number of hydrogen-bond acceptors (Lipinski definition) is 3. The van der Waals surface area contributed by atoms with Crippen LogP contribution < -0.4 is 5.73 Å². The quantitative estimate of drug-likeness (QED) is 0.890. The Kier molecular flexibility index (Phi) is 4.47. The number of pyridine rings is 1. The Bertz CT molecular complexity index is 379. The number of hydrogen-bond donors (Lipinski definition) is 1. The standard InChI is InChI=1S/C11H15F3N2O/c1-7-9(5-15)3-4-10(16-7)8(2)17-6-11(12,13)14/h3-4,8H,5-6,15H2,1-2H3. The number of nitrogens with two attached hydrogens (primary N) is 1. The second-order valence-electron chi connectivity index (χ2n) is 3.75. The number of nitrogens with zero attached hydrogens (tertiary/aromatic N) is 1. The van der Waals surface area contributed by atoms with Gasteiger partial charge in [-0.3, -0.25) is 4.98 Å². The Morgan fingerprint density at radius 2 is 2.06 bits per heavy atom. The monoisotopic (exact) mass is 248 g/mol. The molecular weight excluding hydrogens is 233 g/mol. The lowest BCUT2D eigenvalue weighted by Gasteiger charge is -2.15. The van der Waals surface area contributed by atoms with E-state index >= 15 is 0 Å². The molecule has 1 aromatic heterocycles. The van der Waals surface area contributed by atoms with Crippen molar-refractivity contribution in [3.05, 3.63) is 29.1 Å². The summed E-state index contributed by atoms with van der Waals surface area (Å²) in [5.74, 6) is 0. The molecule has 1 unspecified atom stereocenters. The molecule has 0 bridgehead atoms. The Morgan fingerprint density at radius 3 is 2.53 bits per heavy atom. The van der Waals surface area contributed by atoms with Crippen LogP contribution in [0, 0.1) is 6.92 Å². The van der Waals surface area contributed by atoms with Crippen LogP contribution in [0.1, 0.15) is 30.0 Å². The third kappa shape index (κ3) is 4.32. The van der Waals surface area contributed by atoms with E-state index in [9.17, 15) is 13.2 Å². The molecule has 0 aliphatic carbocycles. The number of aromatic nitrogens is 1. The van der Waals surface area contributed by atoms with Crippen molar-refractivity contribution in [3.63, 3.8) is 0 Å². The predicted octanol–water partition coefficient (Wildman–Crippen LogP) is 2.49. The summed E-state index contributed by atoms with van der Waals surface area (Å²) in [5.41, 5.74) is 7.54. The van der Waals surface area contributed by atoms with Gasteiger partial charge >= 0.3 is 6.18 Å². The first-order valence-corrected chi connectivity index (χ1v) is 5.18. The summed E-state index contributed by atoms with van der Waals surface area (Å²) in [4.78, 5) is 4.17. The van der Waals surface area contributed by atoms with Gasteiger partial charge in [-0.2, -0.15) is 13.2 Å². The second kappa shape index (κ2) is 5.46. The van der Waals surface area contributed by atoms with Gasteiger partial charge in [0, 0.05) is 12.2 Å². The van der Waals surface area contributed by atoms with E-state index in [4.69, 9.17) is 10.5 Å². The summed E-state index contributed by atoms with van der Waals surface area (Å²) < 4.78 is 40.6. The molecule has 3 nitrogen and oxygen atoms in total. The molecule has 0 fully saturated rings. The average molecular weight is 248 g/mol. The number of alkyl halides is 3. The molecule has 17 heavy (non-hydrogen) atoms. The number of ether oxygens (including phenoxy) is 1. The molecular formula is C11H15F3N2O. The van der Waals surface area contributed by atoms with Crippen LogP contribution in [-0.2, 0) is 11.3 Å². The molecule has 1 heterocycles. The van der Waals surface area contributed by atoms with Crippen molar-refractivity contribution in [3.8, 4) is 0 Å². The van der Waals surface area contributed by atoms with Gasteiger partial charge in [0.2, 0.25) is 0 Å². The van der Waals surface area contributed by atoms with Crippen molar-refractivity contribution in [2.45, 2.75) is 32.7 Å². The number of halogens is 3. The van der Waals surface area contributed by atoms with Gasteiger partial charge in [-0.15, -0.1) is 0 Å². The van der Waals surface area contributed by atoms with Gasteiger partial charge in [0.25, 0.3) is 0 Å². The summed E-state index contributed by atoms with van der Waals surface area (Å²) in [6.07, 6.45) is -5.01. The Labute approximate surface area is 97.8 Å². The normalized spacial score (nSPS) is 13.8. The van der Waals surface area contributed by atoms with E-state index in [0.717, 1.165) is 5.56 Å². The van der Waals surface area contributed by atoms with E-state index in [1.165, 1.54) is 6.92 Å². The van der Waals surface area contributed by atoms with Crippen molar-refractivity contribution < 1.29 is 17.9 Å². The highest BCUT2D eigenvalue weighted by Gasteiger charge is 2.29. The molecule has 0 saturated heterocycles. The fourth-order valence-electron chi connectivity index (χ4n) is 1.36. The van der Waals surface area contributed by atoms with E-state index < -0.39 is 18.9 Å². The third-order valence-corrected chi connectivity index (χ3v) is 2.35. The first-order chi connectivity index (χ1) is 7.83. The highest BCUT2D eigenvalue weighted by Crippen LogP contribution is 2.21. The topological polar surface area (TPSA) is 48.1 Å². The molecule has 0 radical (unpaired) electrons. The molecule has 0 aromatic carbocycles. The fourth-order valence-corrected chi connectivity index (χ4v) is 1.36. The van der Waals surface area contributed by atoms with E-state index in [2.05, 4.69) is 4.98 Å². The minimum absolute atomic E-state index is 0.358.